The number of aliphatic hydroxyl groups excluding tert-OH is 1. The minimum absolute atomic E-state index is 0.0484. The Morgan fingerprint density at radius 1 is 1.00 bits per heavy atom. The molecule has 5 unspecified atom stereocenters. The van der Waals surface area contributed by atoms with Crippen molar-refractivity contribution in [1.82, 2.24) is 9.62 Å². The molecular formula is C40H63N2O11PS. The Bertz CT molecular complexity index is 1580. The minimum atomic E-state index is -4.14. The Morgan fingerprint density at radius 2 is 1.67 bits per heavy atom. The van der Waals surface area contributed by atoms with Crippen LogP contribution in [0.4, 0.5) is 4.79 Å². The Hall–Kier alpha value is -2.55. The number of rotatable bonds is 25. The lowest BCUT2D eigenvalue weighted by Gasteiger charge is -2.35. The number of methoxy groups -OCH3 is 1. The van der Waals surface area contributed by atoms with E-state index in [9.17, 15) is 22.9 Å². The molecule has 0 radical (unpaired) electrons. The summed E-state index contributed by atoms with van der Waals surface area (Å²) in [6.07, 6.45) is 3.60. The molecule has 2 aromatic rings. The molecule has 0 spiro atoms. The molecule has 13 nitrogen and oxygen atoms in total. The highest BCUT2D eigenvalue weighted by molar-refractivity contribution is 7.89. The lowest BCUT2D eigenvalue weighted by atomic mass is 9.87. The van der Waals surface area contributed by atoms with Gasteiger partial charge in [-0.05, 0) is 73.8 Å². The first-order valence-electron chi connectivity index (χ1n) is 19.7. The standard InChI is InChI=1S/C40H63N2O11PS/c1-6-8-23-51-54(45,52-24-9-7-2)26-14-13-22-40(3,4)30-42(55(46,47)33-19-17-32(48-5)18-20-33)28-36(43)35(27-31-15-11-10-12-16-31)41-39(44)53-37-29-50-38-34(37)21-25-49-38/h10-12,15-20,34-38,43H,6-9,13-14,21-30H2,1-5H3,(H,41,44). The zero-order valence-corrected chi connectivity index (χ0v) is 34.9. The van der Waals surface area contributed by atoms with Crippen LogP contribution in [0.2, 0.25) is 0 Å². The molecule has 5 atom stereocenters. The zero-order chi connectivity index (χ0) is 39.9. The van der Waals surface area contributed by atoms with Gasteiger partial charge in [0, 0.05) is 13.1 Å². The molecule has 0 bridgehead atoms. The monoisotopic (exact) mass is 810 g/mol. The molecule has 2 fully saturated rings. The number of sulfonamides is 1. The molecule has 55 heavy (non-hydrogen) atoms. The first-order chi connectivity index (χ1) is 26.3. The van der Waals surface area contributed by atoms with Gasteiger partial charge in [0.05, 0.1) is 62.7 Å². The topological polar surface area (TPSA) is 159 Å². The Balaban J connectivity index is 1.50. The second kappa shape index (κ2) is 21.8. The first-order valence-corrected chi connectivity index (χ1v) is 22.9. The number of unbranched alkanes of at least 4 members (excludes halogenated alkanes) is 3. The van der Waals surface area contributed by atoms with Crippen LogP contribution in [0.1, 0.15) is 84.6 Å². The summed E-state index contributed by atoms with van der Waals surface area (Å²) in [4.78, 5) is 13.4. The van der Waals surface area contributed by atoms with Crippen LogP contribution in [-0.4, -0.2) is 101 Å². The summed E-state index contributed by atoms with van der Waals surface area (Å²) in [5, 5.41) is 14.7. The van der Waals surface area contributed by atoms with Crippen molar-refractivity contribution in [3.05, 3.63) is 60.2 Å². The summed E-state index contributed by atoms with van der Waals surface area (Å²) in [6, 6.07) is 14.6. The summed E-state index contributed by atoms with van der Waals surface area (Å²) in [5.41, 5.74) is 0.291. The normalized spacial score (nSPS) is 19.9. The van der Waals surface area contributed by atoms with E-state index in [4.69, 9.17) is 28.0 Å². The summed E-state index contributed by atoms with van der Waals surface area (Å²) < 4.78 is 77.3. The number of ether oxygens (including phenoxy) is 4. The van der Waals surface area contributed by atoms with Crippen molar-refractivity contribution >= 4 is 23.7 Å². The van der Waals surface area contributed by atoms with Gasteiger partial charge in [0.2, 0.25) is 10.0 Å². The maximum Gasteiger partial charge on any atom is 0.407 e. The lowest BCUT2D eigenvalue weighted by Crippen LogP contribution is -2.52. The van der Waals surface area contributed by atoms with Gasteiger partial charge < -0.3 is 38.4 Å². The van der Waals surface area contributed by atoms with Crippen molar-refractivity contribution in [3.63, 3.8) is 0 Å². The summed E-state index contributed by atoms with van der Waals surface area (Å²) >= 11 is 0. The van der Waals surface area contributed by atoms with E-state index in [2.05, 4.69) is 5.32 Å². The molecular weight excluding hydrogens is 747 g/mol. The second-order valence-electron chi connectivity index (χ2n) is 15.3. The van der Waals surface area contributed by atoms with Crippen LogP contribution in [0.25, 0.3) is 0 Å². The number of alkyl carbamates (subject to hydrolysis) is 1. The highest BCUT2D eigenvalue weighted by atomic mass is 32.2. The summed E-state index contributed by atoms with van der Waals surface area (Å²) in [5.74, 6) is 0.444. The van der Waals surface area contributed by atoms with Crippen LogP contribution < -0.4 is 10.1 Å². The van der Waals surface area contributed by atoms with Crippen LogP contribution in [-0.2, 0) is 44.3 Å². The number of hydrogen-bond donors (Lipinski definition) is 2. The van der Waals surface area contributed by atoms with Crippen LogP contribution in [0.15, 0.2) is 59.5 Å². The third-order valence-corrected chi connectivity index (χ3v) is 14.0. The van der Waals surface area contributed by atoms with Gasteiger partial charge in [-0.1, -0.05) is 77.3 Å². The van der Waals surface area contributed by atoms with Crippen molar-refractivity contribution in [2.45, 2.75) is 115 Å². The van der Waals surface area contributed by atoms with Gasteiger partial charge in [-0.2, -0.15) is 4.31 Å². The maximum absolute atomic E-state index is 14.4. The highest BCUT2D eigenvalue weighted by Gasteiger charge is 2.44. The first kappa shape index (κ1) is 45.2. The lowest BCUT2D eigenvalue weighted by molar-refractivity contribution is -0.0907. The average Bonchev–Trinajstić information content (AvgIpc) is 3.79. The number of fused-ring (bicyclic) bond motifs is 1. The molecule has 2 heterocycles. The predicted octanol–water partition coefficient (Wildman–Crippen LogP) is 7.17. The number of carbonyl (C=O) groups excluding carboxylic acids is 1. The molecule has 4 rings (SSSR count). The third-order valence-electron chi connectivity index (χ3n) is 10.1. The Morgan fingerprint density at radius 3 is 2.31 bits per heavy atom. The molecule has 15 heteroatoms. The van der Waals surface area contributed by atoms with E-state index in [1.165, 1.54) is 23.5 Å². The number of hydrogen-bond acceptors (Lipinski definition) is 11. The van der Waals surface area contributed by atoms with Gasteiger partial charge in [0.1, 0.15) is 11.9 Å². The number of nitrogens with one attached hydrogen (secondary N) is 1. The molecule has 2 saturated heterocycles. The van der Waals surface area contributed by atoms with E-state index in [1.54, 1.807) is 12.1 Å². The van der Waals surface area contributed by atoms with Gasteiger partial charge in [0.15, 0.2) is 6.29 Å². The quantitative estimate of drug-likeness (QED) is 0.0774. The molecule has 2 aliphatic rings. The van der Waals surface area contributed by atoms with Gasteiger partial charge in [-0.15, -0.1) is 0 Å². The maximum atomic E-state index is 14.4. The van der Waals surface area contributed by atoms with Crippen molar-refractivity contribution in [2.24, 2.45) is 11.3 Å². The Labute approximate surface area is 328 Å². The van der Waals surface area contributed by atoms with Gasteiger partial charge in [-0.25, -0.2) is 13.2 Å². The van der Waals surface area contributed by atoms with Crippen LogP contribution in [0.3, 0.4) is 0 Å². The van der Waals surface area contributed by atoms with E-state index in [-0.39, 0.29) is 43.1 Å². The van der Waals surface area contributed by atoms with Crippen molar-refractivity contribution in [3.8, 4) is 5.75 Å². The van der Waals surface area contributed by atoms with Crippen LogP contribution in [0, 0.1) is 11.3 Å². The fourth-order valence-electron chi connectivity index (χ4n) is 6.83. The molecule has 1 amide bonds. The molecule has 0 saturated carbocycles. The van der Waals surface area contributed by atoms with Crippen molar-refractivity contribution in [2.75, 3.05) is 52.8 Å². The van der Waals surface area contributed by atoms with E-state index in [1.807, 2.05) is 58.0 Å². The number of benzene rings is 2. The predicted molar refractivity (Wildman–Crippen MR) is 211 cm³/mol. The van der Waals surface area contributed by atoms with E-state index in [0.717, 1.165) is 31.2 Å². The van der Waals surface area contributed by atoms with Gasteiger partial charge in [-0.3, -0.25) is 4.57 Å². The minimum Gasteiger partial charge on any atom is -0.497 e. The van der Waals surface area contributed by atoms with Crippen molar-refractivity contribution < 1.29 is 50.9 Å². The molecule has 310 valence electrons. The van der Waals surface area contributed by atoms with Crippen LogP contribution in [0.5, 0.6) is 5.75 Å². The molecule has 2 N–H and O–H groups in total. The van der Waals surface area contributed by atoms with Gasteiger partial charge in [0.25, 0.3) is 0 Å². The van der Waals surface area contributed by atoms with E-state index < -0.39 is 53.7 Å². The molecule has 0 aliphatic carbocycles. The van der Waals surface area contributed by atoms with Crippen LogP contribution >= 0.6 is 7.60 Å². The SMILES string of the molecule is CCCCOP(=O)(CCCCC(C)(C)CN(CC(O)C(Cc1ccccc1)NC(=O)OC1COC2OCCC12)S(=O)(=O)c1ccc(OC)cc1)OCCCC. The van der Waals surface area contributed by atoms with E-state index >= 15 is 0 Å². The number of carbonyl (C=O) groups is 1. The molecule has 2 aliphatic heterocycles. The molecule has 0 aromatic heterocycles. The Kier molecular flexibility index (Phi) is 17.9. The fourth-order valence-corrected chi connectivity index (χ4v) is 10.2. The highest BCUT2D eigenvalue weighted by Crippen LogP contribution is 2.49. The summed E-state index contributed by atoms with van der Waals surface area (Å²) in [7, 11) is -5.89. The zero-order valence-electron chi connectivity index (χ0n) is 33.2. The van der Waals surface area contributed by atoms with Crippen molar-refractivity contribution in [1.29, 1.82) is 0 Å². The van der Waals surface area contributed by atoms with E-state index in [0.29, 0.717) is 51.3 Å². The number of nitrogens with zero attached hydrogens (tertiary/aromatic N) is 1. The van der Waals surface area contributed by atoms with Gasteiger partial charge >= 0.3 is 13.7 Å². The average molecular weight is 811 g/mol. The second-order valence-corrected chi connectivity index (χ2v) is 19.4. The largest absolute Gasteiger partial charge is 0.497 e. The molecule has 2 aromatic carbocycles. The third kappa shape index (κ3) is 14.1. The fraction of sp³-hybridized carbons (Fsp3) is 0.675. The number of aliphatic hydroxyl groups is 1. The smallest absolute Gasteiger partial charge is 0.407 e. The summed E-state index contributed by atoms with van der Waals surface area (Å²) in [6.45, 7) is 9.34. The number of amides is 1.